The second-order valence-corrected chi connectivity index (χ2v) is 7.40. The van der Waals surface area contributed by atoms with Crippen LogP contribution in [0, 0.1) is 5.92 Å². The Balaban J connectivity index is 1.68. The summed E-state index contributed by atoms with van der Waals surface area (Å²) in [6, 6.07) is 14.1. The van der Waals surface area contributed by atoms with Crippen molar-refractivity contribution in [3.05, 3.63) is 76.3 Å². The highest BCUT2D eigenvalue weighted by Crippen LogP contribution is 2.50. The lowest BCUT2D eigenvalue weighted by Crippen LogP contribution is -2.29. The van der Waals surface area contributed by atoms with Crippen molar-refractivity contribution < 1.29 is 9.53 Å². The molecule has 2 aromatic rings. The molecule has 2 aromatic carbocycles. The van der Waals surface area contributed by atoms with Gasteiger partial charge in [-0.2, -0.15) is 0 Å². The molecular weight excluding hydrogens is 346 g/mol. The normalized spacial score (nSPS) is 23.1. The summed E-state index contributed by atoms with van der Waals surface area (Å²) in [6.07, 6.45) is 6.35. The first-order valence-electron chi connectivity index (χ1n) is 9.17. The molecule has 0 saturated heterocycles. The molecule has 134 valence electrons. The maximum Gasteiger partial charge on any atom is 0.338 e. The van der Waals surface area contributed by atoms with E-state index in [1.54, 1.807) is 0 Å². The number of esters is 1. The molecule has 0 spiro atoms. The van der Waals surface area contributed by atoms with Crippen LogP contribution in [0.2, 0.25) is 5.02 Å². The monoisotopic (exact) mass is 367 g/mol. The minimum Gasteiger partial charge on any atom is -0.462 e. The number of hydrogen-bond acceptors (Lipinski definition) is 3. The van der Waals surface area contributed by atoms with E-state index < -0.39 is 0 Å². The van der Waals surface area contributed by atoms with Gasteiger partial charge in [-0.1, -0.05) is 42.8 Å². The van der Waals surface area contributed by atoms with Gasteiger partial charge in [-0.25, -0.2) is 4.79 Å². The molecule has 26 heavy (non-hydrogen) atoms. The lowest BCUT2D eigenvalue weighted by atomic mass is 9.76. The Labute approximate surface area is 159 Å². The van der Waals surface area contributed by atoms with Crippen LogP contribution in [0.5, 0.6) is 0 Å². The molecule has 1 heterocycles. The van der Waals surface area contributed by atoms with Crippen molar-refractivity contribution in [2.75, 3.05) is 11.9 Å². The molecule has 1 aliphatic carbocycles. The van der Waals surface area contributed by atoms with E-state index in [-0.39, 0.29) is 12.0 Å². The van der Waals surface area contributed by atoms with Gasteiger partial charge in [0.2, 0.25) is 0 Å². The average molecular weight is 368 g/mol. The predicted octanol–water partition coefficient (Wildman–Crippen LogP) is 5.73. The van der Waals surface area contributed by atoms with Crippen LogP contribution in [0.3, 0.4) is 0 Å². The number of carbonyl (C=O) groups excluding carboxylic acids is 1. The third kappa shape index (κ3) is 3.12. The quantitative estimate of drug-likeness (QED) is 0.553. The molecule has 0 radical (unpaired) electrons. The lowest BCUT2D eigenvalue weighted by Gasteiger charge is -2.37. The molecule has 0 amide bonds. The highest BCUT2D eigenvalue weighted by atomic mass is 35.5. The fourth-order valence-corrected chi connectivity index (χ4v) is 4.23. The third-order valence-corrected chi connectivity index (χ3v) is 5.48. The number of nitrogens with one attached hydrogen (secondary N) is 1. The van der Waals surface area contributed by atoms with Crippen LogP contribution < -0.4 is 5.32 Å². The Morgan fingerprint density at radius 1 is 1.27 bits per heavy atom. The van der Waals surface area contributed by atoms with Gasteiger partial charge in [0.1, 0.15) is 0 Å². The minimum absolute atomic E-state index is 0.207. The van der Waals surface area contributed by atoms with Crippen molar-refractivity contribution in [1.29, 1.82) is 0 Å². The summed E-state index contributed by atoms with van der Waals surface area (Å²) in [5, 5.41) is 4.43. The van der Waals surface area contributed by atoms with Gasteiger partial charge in [0.05, 0.1) is 18.2 Å². The van der Waals surface area contributed by atoms with E-state index in [0.717, 1.165) is 23.6 Å². The largest absolute Gasteiger partial charge is 0.462 e. The predicted molar refractivity (Wildman–Crippen MR) is 105 cm³/mol. The van der Waals surface area contributed by atoms with Crippen LogP contribution in [-0.2, 0) is 4.74 Å². The molecule has 0 bridgehead atoms. The van der Waals surface area contributed by atoms with E-state index in [1.165, 1.54) is 11.1 Å². The second-order valence-electron chi connectivity index (χ2n) is 6.97. The molecule has 1 aliphatic heterocycles. The molecular formula is C22H22ClNO2. The number of ether oxygens (including phenoxy) is 1. The van der Waals surface area contributed by atoms with Crippen molar-refractivity contribution >= 4 is 23.3 Å². The van der Waals surface area contributed by atoms with Crippen molar-refractivity contribution in [2.45, 2.75) is 31.7 Å². The summed E-state index contributed by atoms with van der Waals surface area (Å²) in [4.78, 5) is 12.2. The van der Waals surface area contributed by atoms with Gasteiger partial charge in [0, 0.05) is 16.6 Å². The Morgan fingerprint density at radius 2 is 2.15 bits per heavy atom. The zero-order valence-electron chi connectivity index (χ0n) is 14.7. The number of halogens is 1. The van der Waals surface area contributed by atoms with Crippen molar-refractivity contribution in [2.24, 2.45) is 5.92 Å². The standard InChI is InChI=1S/C22H22ClNO2/c1-2-11-26-22(25)15-9-10-20-19(13-15)17-7-4-8-18(17)21(24-20)14-5-3-6-16(23)12-14/h3-7,9-10,12-13,17-18,21,24H,2,8,11H2,1H3. The summed E-state index contributed by atoms with van der Waals surface area (Å²) >= 11 is 6.21. The summed E-state index contributed by atoms with van der Waals surface area (Å²) in [5.74, 6) is 0.474. The van der Waals surface area contributed by atoms with E-state index in [9.17, 15) is 4.79 Å². The number of anilines is 1. The lowest BCUT2D eigenvalue weighted by molar-refractivity contribution is 0.0505. The number of rotatable bonds is 4. The molecule has 3 unspecified atom stereocenters. The van der Waals surface area contributed by atoms with Gasteiger partial charge in [0.25, 0.3) is 0 Å². The van der Waals surface area contributed by atoms with Crippen LogP contribution in [0.15, 0.2) is 54.6 Å². The first-order chi connectivity index (χ1) is 12.7. The fraction of sp³-hybridized carbons (Fsp3) is 0.318. The van der Waals surface area contributed by atoms with Crippen LogP contribution in [0.25, 0.3) is 0 Å². The van der Waals surface area contributed by atoms with Gasteiger partial charge in [-0.15, -0.1) is 0 Å². The van der Waals surface area contributed by atoms with Gasteiger partial charge in [0.15, 0.2) is 0 Å². The summed E-state index contributed by atoms with van der Waals surface area (Å²) in [5.41, 5.74) is 4.08. The smallest absolute Gasteiger partial charge is 0.338 e. The molecule has 0 saturated carbocycles. The molecule has 2 aliphatic rings. The molecule has 0 fully saturated rings. The van der Waals surface area contributed by atoms with E-state index in [2.05, 4.69) is 23.5 Å². The SMILES string of the molecule is CCCOC(=O)c1ccc2c(c1)C1C=CCC1C(c1cccc(Cl)c1)N2. The van der Waals surface area contributed by atoms with Crippen molar-refractivity contribution in [3.8, 4) is 0 Å². The Morgan fingerprint density at radius 3 is 2.96 bits per heavy atom. The van der Waals surface area contributed by atoms with E-state index in [4.69, 9.17) is 16.3 Å². The molecule has 1 N–H and O–H groups in total. The number of carbonyl (C=O) groups is 1. The summed E-state index contributed by atoms with van der Waals surface area (Å²) in [7, 11) is 0. The zero-order valence-corrected chi connectivity index (χ0v) is 15.5. The van der Waals surface area contributed by atoms with E-state index in [0.29, 0.717) is 24.0 Å². The minimum atomic E-state index is -0.245. The first kappa shape index (κ1) is 17.2. The number of fused-ring (bicyclic) bond motifs is 3. The Hall–Kier alpha value is -2.26. The summed E-state index contributed by atoms with van der Waals surface area (Å²) < 4.78 is 5.29. The average Bonchev–Trinajstić information content (AvgIpc) is 3.15. The topological polar surface area (TPSA) is 38.3 Å². The molecule has 4 heteroatoms. The summed E-state index contributed by atoms with van der Waals surface area (Å²) in [6.45, 7) is 2.45. The van der Waals surface area contributed by atoms with E-state index in [1.807, 2.05) is 43.3 Å². The first-order valence-corrected chi connectivity index (χ1v) is 9.55. The van der Waals surface area contributed by atoms with Gasteiger partial charge < -0.3 is 10.1 Å². The molecule has 3 nitrogen and oxygen atoms in total. The second kappa shape index (κ2) is 7.16. The van der Waals surface area contributed by atoms with Crippen LogP contribution >= 0.6 is 11.6 Å². The van der Waals surface area contributed by atoms with Crippen LogP contribution in [-0.4, -0.2) is 12.6 Å². The van der Waals surface area contributed by atoms with Crippen LogP contribution in [0.1, 0.15) is 53.2 Å². The fourth-order valence-electron chi connectivity index (χ4n) is 4.03. The maximum absolute atomic E-state index is 12.2. The highest BCUT2D eigenvalue weighted by Gasteiger charge is 2.38. The van der Waals surface area contributed by atoms with Crippen LogP contribution in [0.4, 0.5) is 5.69 Å². The zero-order chi connectivity index (χ0) is 18.1. The number of benzene rings is 2. The third-order valence-electron chi connectivity index (χ3n) is 5.24. The Kier molecular flexibility index (Phi) is 4.73. The maximum atomic E-state index is 12.2. The van der Waals surface area contributed by atoms with Crippen molar-refractivity contribution in [3.63, 3.8) is 0 Å². The molecule has 4 rings (SSSR count). The highest BCUT2D eigenvalue weighted by molar-refractivity contribution is 6.30. The van der Waals surface area contributed by atoms with E-state index >= 15 is 0 Å². The molecule has 3 atom stereocenters. The van der Waals surface area contributed by atoms with Gasteiger partial charge in [-0.3, -0.25) is 0 Å². The van der Waals surface area contributed by atoms with Gasteiger partial charge >= 0.3 is 5.97 Å². The Bertz CT molecular complexity index is 861. The number of hydrogen-bond donors (Lipinski definition) is 1. The number of allylic oxidation sites excluding steroid dienone is 2. The van der Waals surface area contributed by atoms with Gasteiger partial charge in [-0.05, 0) is 60.2 Å². The molecule has 0 aromatic heterocycles. The van der Waals surface area contributed by atoms with Crippen molar-refractivity contribution in [1.82, 2.24) is 0 Å².